The van der Waals surface area contributed by atoms with E-state index in [4.69, 9.17) is 15.5 Å². The highest BCUT2D eigenvalue weighted by Gasteiger charge is 2.30. The second-order valence-electron chi connectivity index (χ2n) is 8.72. The van der Waals surface area contributed by atoms with Crippen molar-refractivity contribution in [2.75, 3.05) is 18.2 Å². The maximum Gasteiger partial charge on any atom is 0.341 e. The topological polar surface area (TPSA) is 94.3 Å². The molecule has 2 aliphatic carbocycles. The number of aromatic nitrogens is 1. The van der Waals surface area contributed by atoms with Gasteiger partial charge in [0.05, 0.1) is 18.4 Å². The molecule has 0 bridgehead atoms. The van der Waals surface area contributed by atoms with Crippen molar-refractivity contribution in [2.24, 2.45) is 0 Å². The van der Waals surface area contributed by atoms with Crippen molar-refractivity contribution in [3.63, 3.8) is 0 Å². The van der Waals surface area contributed by atoms with Gasteiger partial charge in [-0.3, -0.25) is 4.79 Å². The van der Waals surface area contributed by atoms with Crippen molar-refractivity contribution >= 4 is 55.5 Å². The fourth-order valence-electron chi connectivity index (χ4n) is 5.03. The molecule has 0 spiro atoms. The third-order valence-electron chi connectivity index (χ3n) is 6.74. The summed E-state index contributed by atoms with van der Waals surface area (Å²) in [5, 5.41) is 4.32. The quantitative estimate of drug-likeness (QED) is 0.364. The zero-order chi connectivity index (χ0) is 23.4. The van der Waals surface area contributed by atoms with E-state index in [1.807, 2.05) is 12.1 Å². The second kappa shape index (κ2) is 8.21. The number of nitrogens with zero attached hydrogens (tertiary/aromatic N) is 1. The van der Waals surface area contributed by atoms with Gasteiger partial charge in [-0.15, -0.1) is 22.7 Å². The smallest absolute Gasteiger partial charge is 0.341 e. The monoisotopic (exact) mass is 489 g/mol. The summed E-state index contributed by atoms with van der Waals surface area (Å²) in [6.45, 7) is 0. The fraction of sp³-hybridized carbons (Fsp3) is 0.269. The number of methoxy groups -OCH3 is 1. The third-order valence-corrected chi connectivity index (χ3v) is 9.03. The molecule has 1 amide bonds. The van der Waals surface area contributed by atoms with E-state index in [0.29, 0.717) is 21.1 Å². The molecule has 0 aliphatic heterocycles. The molecule has 0 saturated heterocycles. The summed E-state index contributed by atoms with van der Waals surface area (Å²) in [5.41, 5.74) is 13.0. The molecule has 0 radical (unpaired) electrons. The largest absolute Gasteiger partial charge is 0.465 e. The molecule has 2 aliphatic rings. The lowest BCUT2D eigenvalue weighted by molar-refractivity contribution is 0.0601. The van der Waals surface area contributed by atoms with Crippen LogP contribution in [0.4, 0.5) is 10.7 Å². The van der Waals surface area contributed by atoms with Gasteiger partial charge < -0.3 is 15.8 Å². The van der Waals surface area contributed by atoms with Crippen LogP contribution in [0.3, 0.4) is 0 Å². The van der Waals surface area contributed by atoms with Gasteiger partial charge in [0.15, 0.2) is 0 Å². The molecule has 172 valence electrons. The average Bonchev–Trinajstić information content (AvgIpc) is 3.39. The number of fused-ring (bicyclic) bond motifs is 5. The molecule has 3 aromatic heterocycles. The Bertz CT molecular complexity index is 1480. The van der Waals surface area contributed by atoms with Gasteiger partial charge in [-0.2, -0.15) is 0 Å². The summed E-state index contributed by atoms with van der Waals surface area (Å²) in [6.07, 6.45) is 5.83. The van der Waals surface area contributed by atoms with Crippen LogP contribution in [-0.2, 0) is 30.4 Å². The first-order valence-electron chi connectivity index (χ1n) is 11.4. The highest BCUT2D eigenvalue weighted by molar-refractivity contribution is 7.22. The predicted molar refractivity (Wildman–Crippen MR) is 137 cm³/mol. The predicted octanol–water partition coefficient (Wildman–Crippen LogP) is 5.62. The Morgan fingerprint density at radius 1 is 1.06 bits per heavy atom. The van der Waals surface area contributed by atoms with Crippen LogP contribution in [0.15, 0.2) is 30.3 Å². The van der Waals surface area contributed by atoms with E-state index in [1.165, 1.54) is 40.9 Å². The molecule has 3 N–H and O–H groups in total. The third kappa shape index (κ3) is 3.32. The highest BCUT2D eigenvalue weighted by atomic mass is 32.1. The van der Waals surface area contributed by atoms with Crippen LogP contribution in [-0.4, -0.2) is 24.0 Å². The van der Waals surface area contributed by atoms with Gasteiger partial charge in [0.2, 0.25) is 0 Å². The lowest BCUT2D eigenvalue weighted by Gasteiger charge is -2.16. The summed E-state index contributed by atoms with van der Waals surface area (Å²) < 4.78 is 5.09. The van der Waals surface area contributed by atoms with Crippen molar-refractivity contribution < 1.29 is 14.3 Å². The molecular weight excluding hydrogens is 466 g/mol. The molecule has 0 atom stereocenters. The number of rotatable bonds is 3. The van der Waals surface area contributed by atoms with E-state index in [1.54, 1.807) is 0 Å². The highest BCUT2D eigenvalue weighted by Crippen LogP contribution is 2.46. The number of hydrogen-bond donors (Lipinski definition) is 2. The number of benzene rings is 1. The van der Waals surface area contributed by atoms with Crippen molar-refractivity contribution in [2.45, 2.75) is 38.5 Å². The number of amides is 1. The minimum Gasteiger partial charge on any atom is -0.465 e. The summed E-state index contributed by atoms with van der Waals surface area (Å²) in [5.74, 6) is -0.763. The molecule has 0 fully saturated rings. The van der Waals surface area contributed by atoms with E-state index in [9.17, 15) is 9.59 Å². The summed E-state index contributed by atoms with van der Waals surface area (Å²) in [4.78, 5) is 33.2. The van der Waals surface area contributed by atoms with E-state index in [0.717, 1.165) is 70.4 Å². The Balaban J connectivity index is 1.41. The van der Waals surface area contributed by atoms with Crippen LogP contribution in [0, 0.1) is 0 Å². The van der Waals surface area contributed by atoms with Crippen LogP contribution in [0.5, 0.6) is 0 Å². The molecule has 34 heavy (non-hydrogen) atoms. The van der Waals surface area contributed by atoms with Crippen molar-refractivity contribution in [3.05, 3.63) is 63.2 Å². The number of nitrogens with one attached hydrogen (secondary N) is 1. The summed E-state index contributed by atoms with van der Waals surface area (Å²) in [6, 6.07) is 10.3. The second-order valence-corrected chi connectivity index (χ2v) is 10.7. The van der Waals surface area contributed by atoms with E-state index < -0.39 is 5.97 Å². The molecule has 4 aromatic rings. The number of hydrogen-bond acceptors (Lipinski definition) is 7. The van der Waals surface area contributed by atoms with Gasteiger partial charge in [0.25, 0.3) is 5.91 Å². The number of aryl methyl sites for hydroxylation is 3. The van der Waals surface area contributed by atoms with E-state index in [2.05, 4.69) is 23.5 Å². The van der Waals surface area contributed by atoms with E-state index >= 15 is 0 Å². The van der Waals surface area contributed by atoms with Gasteiger partial charge in [-0.25, -0.2) is 9.78 Å². The number of thiophene rings is 2. The Kier molecular flexibility index (Phi) is 5.15. The number of carbonyl (C=O) groups excluding carboxylic acids is 2. The first-order valence-corrected chi connectivity index (χ1v) is 13.0. The van der Waals surface area contributed by atoms with Crippen LogP contribution >= 0.6 is 22.7 Å². The van der Waals surface area contributed by atoms with Gasteiger partial charge in [-0.05, 0) is 66.8 Å². The minimum absolute atomic E-state index is 0.324. The lowest BCUT2D eigenvalue weighted by Crippen LogP contribution is -2.15. The number of anilines is 2. The molecule has 6 rings (SSSR count). The van der Waals surface area contributed by atoms with Gasteiger partial charge in [0.1, 0.15) is 14.7 Å². The number of nitrogen functional groups attached to an aromatic ring is 1. The Morgan fingerprint density at radius 2 is 1.88 bits per heavy atom. The normalized spacial score (nSPS) is 14.3. The summed E-state index contributed by atoms with van der Waals surface area (Å²) in [7, 11) is 1.37. The number of carbonyl (C=O) groups is 2. The standard InChI is InChI=1S/C26H23N3O3S2/c1-32-26(31)19-16-11-10-13-6-2-4-8-15(13)21(16)33-25(19)29-23(30)22-20(27)17-12-14-7-3-5-9-18(14)28-24(17)34-22/h2,4,6,8,12H,3,5,7,9-11,27H2,1H3,(H,29,30). The Hall–Kier alpha value is -3.23. The van der Waals surface area contributed by atoms with Crippen LogP contribution in [0.25, 0.3) is 20.7 Å². The number of ether oxygens (including phenoxy) is 1. The van der Waals surface area contributed by atoms with Crippen molar-refractivity contribution in [1.29, 1.82) is 0 Å². The van der Waals surface area contributed by atoms with Crippen LogP contribution < -0.4 is 11.1 Å². The van der Waals surface area contributed by atoms with E-state index in [-0.39, 0.29) is 5.91 Å². The van der Waals surface area contributed by atoms with Gasteiger partial charge in [0, 0.05) is 16.0 Å². The van der Waals surface area contributed by atoms with Crippen molar-refractivity contribution in [1.82, 2.24) is 4.98 Å². The zero-order valence-electron chi connectivity index (χ0n) is 18.7. The van der Waals surface area contributed by atoms with Crippen LogP contribution in [0.2, 0.25) is 0 Å². The molecule has 0 saturated carbocycles. The first kappa shape index (κ1) is 21.3. The zero-order valence-corrected chi connectivity index (χ0v) is 20.3. The van der Waals surface area contributed by atoms with Gasteiger partial charge in [-0.1, -0.05) is 24.3 Å². The van der Waals surface area contributed by atoms with Crippen LogP contribution in [0.1, 0.15) is 55.3 Å². The lowest BCUT2D eigenvalue weighted by atomic mass is 9.89. The van der Waals surface area contributed by atoms with Crippen molar-refractivity contribution in [3.8, 4) is 10.4 Å². The minimum atomic E-state index is -0.439. The number of pyridine rings is 1. The molecule has 6 nitrogen and oxygen atoms in total. The SMILES string of the molecule is COC(=O)c1c(NC(=O)c2sc3nc4c(cc3c2N)CCCC4)sc2c1CCc1ccccc1-2. The molecule has 0 unspecified atom stereocenters. The molecule has 8 heteroatoms. The van der Waals surface area contributed by atoms with Gasteiger partial charge >= 0.3 is 5.97 Å². The summed E-state index contributed by atoms with van der Waals surface area (Å²) >= 11 is 2.73. The number of esters is 1. The number of nitrogens with two attached hydrogens (primary N) is 1. The average molecular weight is 490 g/mol. The maximum atomic E-state index is 13.4. The first-order chi connectivity index (χ1) is 16.5. The molecular formula is C26H23N3O3S2. The maximum absolute atomic E-state index is 13.4. The Morgan fingerprint density at radius 3 is 2.74 bits per heavy atom. The molecule has 1 aromatic carbocycles. The fourth-order valence-corrected chi connectivity index (χ4v) is 7.32. The Labute approximate surface area is 204 Å². The molecule has 3 heterocycles.